The first kappa shape index (κ1) is 16.4. The molecule has 1 aromatic carbocycles. The lowest BCUT2D eigenvalue weighted by Crippen LogP contribution is -2.39. The Balaban J connectivity index is 1.84. The number of aromatic nitrogens is 2. The number of sulfonamides is 1. The molecule has 7 heteroatoms. The zero-order chi connectivity index (χ0) is 16.4. The summed E-state index contributed by atoms with van der Waals surface area (Å²) in [7, 11) is -3.50. The molecule has 1 aliphatic rings. The summed E-state index contributed by atoms with van der Waals surface area (Å²) in [6.45, 7) is 2.85. The lowest BCUT2D eigenvalue weighted by Gasteiger charge is -2.31. The molecular weight excluding hydrogens is 334 g/mol. The number of nitrogens with zero attached hydrogens (tertiary/aromatic N) is 3. The second-order valence-electron chi connectivity index (χ2n) is 5.74. The summed E-state index contributed by atoms with van der Waals surface area (Å²) in [5, 5.41) is 0.524. The van der Waals surface area contributed by atoms with Crippen LogP contribution in [0, 0.1) is 6.92 Å². The first-order chi connectivity index (χ1) is 11.0. The number of hydrogen-bond donors (Lipinski definition) is 0. The SMILES string of the molecule is Cc1cncc(C2CCCN(S(=O)(=O)c3ccc(Cl)cc3)C2)n1. The molecule has 0 spiro atoms. The highest BCUT2D eigenvalue weighted by Gasteiger charge is 2.31. The summed E-state index contributed by atoms with van der Waals surface area (Å²) in [5.41, 5.74) is 1.71. The average molecular weight is 352 g/mol. The van der Waals surface area contributed by atoms with Crippen LogP contribution in [0.1, 0.15) is 30.1 Å². The molecule has 1 unspecified atom stereocenters. The standard InChI is InChI=1S/C16H18ClN3O2S/c1-12-9-18-10-16(19-12)13-3-2-8-20(11-13)23(21,22)15-6-4-14(17)5-7-15/h4-7,9-10,13H,2-3,8,11H2,1H3. The zero-order valence-electron chi connectivity index (χ0n) is 12.8. The molecule has 122 valence electrons. The van der Waals surface area contributed by atoms with Crippen LogP contribution >= 0.6 is 11.6 Å². The van der Waals surface area contributed by atoms with Gasteiger partial charge in [0.25, 0.3) is 0 Å². The Morgan fingerprint density at radius 1 is 1.22 bits per heavy atom. The van der Waals surface area contributed by atoms with Crippen molar-refractivity contribution in [1.82, 2.24) is 14.3 Å². The minimum Gasteiger partial charge on any atom is -0.261 e. The second-order valence-corrected chi connectivity index (χ2v) is 8.12. The van der Waals surface area contributed by atoms with E-state index in [2.05, 4.69) is 9.97 Å². The first-order valence-electron chi connectivity index (χ1n) is 7.51. The summed E-state index contributed by atoms with van der Waals surface area (Å²) in [4.78, 5) is 8.94. The van der Waals surface area contributed by atoms with Gasteiger partial charge in [-0.3, -0.25) is 9.97 Å². The van der Waals surface area contributed by atoms with Crippen LogP contribution in [-0.2, 0) is 10.0 Å². The molecule has 2 aromatic rings. The van der Waals surface area contributed by atoms with Crippen molar-refractivity contribution in [2.45, 2.75) is 30.6 Å². The van der Waals surface area contributed by atoms with Crippen LogP contribution in [0.2, 0.25) is 5.02 Å². The molecule has 1 saturated heterocycles. The summed E-state index contributed by atoms with van der Waals surface area (Å²) < 4.78 is 27.1. The highest BCUT2D eigenvalue weighted by Crippen LogP contribution is 2.29. The highest BCUT2D eigenvalue weighted by atomic mass is 35.5. The van der Waals surface area contributed by atoms with E-state index in [1.165, 1.54) is 4.31 Å². The minimum atomic E-state index is -3.50. The molecule has 1 aliphatic heterocycles. The molecule has 5 nitrogen and oxygen atoms in total. The largest absolute Gasteiger partial charge is 0.261 e. The number of halogens is 1. The van der Waals surface area contributed by atoms with Crippen molar-refractivity contribution < 1.29 is 8.42 Å². The lowest BCUT2D eigenvalue weighted by atomic mass is 9.96. The van der Waals surface area contributed by atoms with E-state index in [0.717, 1.165) is 24.2 Å². The summed E-state index contributed by atoms with van der Waals surface area (Å²) in [6, 6.07) is 6.30. The third kappa shape index (κ3) is 3.54. The Morgan fingerprint density at radius 3 is 2.65 bits per heavy atom. The monoisotopic (exact) mass is 351 g/mol. The van der Waals surface area contributed by atoms with Gasteiger partial charge in [-0.15, -0.1) is 0 Å². The van der Waals surface area contributed by atoms with E-state index < -0.39 is 10.0 Å². The van der Waals surface area contributed by atoms with Crippen LogP contribution in [0.25, 0.3) is 0 Å². The fourth-order valence-electron chi connectivity index (χ4n) is 2.84. The number of aryl methyl sites for hydroxylation is 1. The Kier molecular flexibility index (Phi) is 4.66. The van der Waals surface area contributed by atoms with Crippen molar-refractivity contribution >= 4 is 21.6 Å². The Hall–Kier alpha value is -1.50. The van der Waals surface area contributed by atoms with Crippen molar-refractivity contribution in [2.24, 2.45) is 0 Å². The van der Waals surface area contributed by atoms with Crippen molar-refractivity contribution in [3.63, 3.8) is 0 Å². The number of benzene rings is 1. The van der Waals surface area contributed by atoms with Gasteiger partial charge in [0, 0.05) is 36.4 Å². The van der Waals surface area contributed by atoms with Crippen LogP contribution in [0.4, 0.5) is 0 Å². The van der Waals surface area contributed by atoms with E-state index in [1.807, 2.05) is 6.92 Å². The molecule has 0 radical (unpaired) electrons. The van der Waals surface area contributed by atoms with Gasteiger partial charge < -0.3 is 0 Å². The molecule has 0 bridgehead atoms. The van der Waals surface area contributed by atoms with E-state index in [4.69, 9.17) is 11.6 Å². The van der Waals surface area contributed by atoms with Gasteiger partial charge in [0.15, 0.2) is 0 Å². The van der Waals surface area contributed by atoms with Gasteiger partial charge in [0.2, 0.25) is 10.0 Å². The van der Waals surface area contributed by atoms with Crippen LogP contribution in [0.3, 0.4) is 0 Å². The number of piperidine rings is 1. The van der Waals surface area contributed by atoms with Gasteiger partial charge in [-0.1, -0.05) is 11.6 Å². The van der Waals surface area contributed by atoms with E-state index in [0.29, 0.717) is 18.1 Å². The molecule has 1 fully saturated rings. The molecule has 3 rings (SSSR count). The molecule has 0 saturated carbocycles. The van der Waals surface area contributed by atoms with E-state index in [-0.39, 0.29) is 10.8 Å². The van der Waals surface area contributed by atoms with E-state index in [1.54, 1.807) is 36.7 Å². The maximum atomic E-state index is 12.8. The smallest absolute Gasteiger partial charge is 0.243 e. The maximum absolute atomic E-state index is 12.8. The third-order valence-electron chi connectivity index (χ3n) is 4.03. The topological polar surface area (TPSA) is 63.2 Å². The van der Waals surface area contributed by atoms with Crippen LogP contribution in [-0.4, -0.2) is 35.8 Å². The van der Waals surface area contributed by atoms with Crippen molar-refractivity contribution in [2.75, 3.05) is 13.1 Å². The predicted molar refractivity (Wildman–Crippen MR) is 89.0 cm³/mol. The summed E-state index contributed by atoms with van der Waals surface area (Å²) in [5.74, 6) is 0.0817. The molecule has 0 N–H and O–H groups in total. The molecule has 0 aliphatic carbocycles. The first-order valence-corrected chi connectivity index (χ1v) is 9.33. The Morgan fingerprint density at radius 2 is 1.96 bits per heavy atom. The van der Waals surface area contributed by atoms with E-state index >= 15 is 0 Å². The van der Waals surface area contributed by atoms with Gasteiger partial charge >= 0.3 is 0 Å². The second kappa shape index (κ2) is 6.55. The Labute approximate surface area is 141 Å². The number of hydrogen-bond acceptors (Lipinski definition) is 4. The van der Waals surface area contributed by atoms with Crippen LogP contribution in [0.5, 0.6) is 0 Å². The molecule has 2 heterocycles. The third-order valence-corrected chi connectivity index (χ3v) is 6.16. The summed E-state index contributed by atoms with van der Waals surface area (Å²) >= 11 is 5.84. The molecule has 23 heavy (non-hydrogen) atoms. The molecular formula is C16H18ClN3O2S. The maximum Gasteiger partial charge on any atom is 0.243 e. The van der Waals surface area contributed by atoms with Crippen molar-refractivity contribution in [3.8, 4) is 0 Å². The quantitative estimate of drug-likeness (QED) is 0.852. The highest BCUT2D eigenvalue weighted by molar-refractivity contribution is 7.89. The minimum absolute atomic E-state index is 0.0817. The fourth-order valence-corrected chi connectivity index (χ4v) is 4.49. The zero-order valence-corrected chi connectivity index (χ0v) is 14.4. The van der Waals surface area contributed by atoms with Gasteiger partial charge in [0.05, 0.1) is 16.3 Å². The number of rotatable bonds is 3. The molecule has 0 amide bonds. The molecule has 1 atom stereocenters. The lowest BCUT2D eigenvalue weighted by molar-refractivity contribution is 0.312. The van der Waals surface area contributed by atoms with Crippen LogP contribution in [0.15, 0.2) is 41.6 Å². The normalized spacial score (nSPS) is 19.7. The average Bonchev–Trinajstić information content (AvgIpc) is 2.55. The predicted octanol–water partition coefficient (Wildman–Crippen LogP) is 3.01. The fraction of sp³-hybridized carbons (Fsp3) is 0.375. The van der Waals surface area contributed by atoms with E-state index in [9.17, 15) is 8.42 Å². The van der Waals surface area contributed by atoms with Gasteiger partial charge in [0.1, 0.15) is 0 Å². The van der Waals surface area contributed by atoms with Crippen molar-refractivity contribution in [3.05, 3.63) is 53.1 Å². The Bertz CT molecular complexity index is 793. The van der Waals surface area contributed by atoms with Gasteiger partial charge in [-0.25, -0.2) is 8.42 Å². The summed E-state index contributed by atoms with van der Waals surface area (Å²) in [6.07, 6.45) is 5.17. The van der Waals surface area contributed by atoms with Crippen LogP contribution < -0.4 is 0 Å². The van der Waals surface area contributed by atoms with Gasteiger partial charge in [-0.05, 0) is 44.0 Å². The van der Waals surface area contributed by atoms with Crippen molar-refractivity contribution in [1.29, 1.82) is 0 Å². The molecule has 1 aromatic heterocycles. The van der Waals surface area contributed by atoms with Gasteiger partial charge in [-0.2, -0.15) is 4.31 Å².